The third-order valence-corrected chi connectivity index (χ3v) is 4.68. The average Bonchev–Trinajstić information content (AvgIpc) is 2.81. The maximum atomic E-state index is 5.30. The van der Waals surface area contributed by atoms with Crippen LogP contribution in [0, 0.1) is 6.92 Å². The Morgan fingerprint density at radius 3 is 1.59 bits per heavy atom. The van der Waals surface area contributed by atoms with Gasteiger partial charge in [-0.25, -0.2) is 0 Å². The van der Waals surface area contributed by atoms with E-state index in [1.807, 2.05) is 79.7 Å². The van der Waals surface area contributed by atoms with Crippen LogP contribution in [0.1, 0.15) is 5.56 Å². The number of aromatic nitrogens is 3. The molecule has 4 rings (SSSR count). The van der Waals surface area contributed by atoms with E-state index in [9.17, 15) is 0 Å². The number of hydrogen-bond acceptors (Lipinski definition) is 8. The number of aryl methyl sites for hydroxylation is 1. The van der Waals surface area contributed by atoms with Crippen molar-refractivity contribution in [1.82, 2.24) is 15.0 Å². The molecule has 0 saturated carbocycles. The van der Waals surface area contributed by atoms with Crippen molar-refractivity contribution in [3.05, 3.63) is 78.4 Å². The van der Waals surface area contributed by atoms with E-state index in [2.05, 4.69) is 30.9 Å². The lowest BCUT2D eigenvalue weighted by atomic mass is 10.2. The minimum atomic E-state index is 0.384. The molecule has 0 bridgehead atoms. The Kier molecular flexibility index (Phi) is 6.31. The topological polar surface area (TPSA) is 93.2 Å². The summed E-state index contributed by atoms with van der Waals surface area (Å²) < 4.78 is 10.6. The van der Waals surface area contributed by atoms with Crippen molar-refractivity contribution in [2.75, 3.05) is 30.2 Å². The molecule has 1 aromatic heterocycles. The van der Waals surface area contributed by atoms with E-state index >= 15 is 0 Å². The van der Waals surface area contributed by atoms with Gasteiger partial charge in [-0.3, -0.25) is 0 Å². The smallest absolute Gasteiger partial charge is 0.233 e. The first-order valence-electron chi connectivity index (χ1n) is 10.0. The molecule has 0 radical (unpaired) electrons. The zero-order valence-electron chi connectivity index (χ0n) is 18.1. The average molecular weight is 428 g/mol. The van der Waals surface area contributed by atoms with Crippen molar-refractivity contribution < 1.29 is 9.47 Å². The Hall–Kier alpha value is -4.33. The van der Waals surface area contributed by atoms with Crippen LogP contribution < -0.4 is 25.4 Å². The van der Waals surface area contributed by atoms with Gasteiger partial charge in [-0.2, -0.15) is 15.0 Å². The van der Waals surface area contributed by atoms with E-state index in [4.69, 9.17) is 9.47 Å². The van der Waals surface area contributed by atoms with Crippen LogP contribution in [0.2, 0.25) is 0 Å². The van der Waals surface area contributed by atoms with Crippen LogP contribution in [0.15, 0.2) is 72.8 Å². The summed E-state index contributed by atoms with van der Waals surface area (Å²) in [6.07, 6.45) is 0. The van der Waals surface area contributed by atoms with Gasteiger partial charge in [0.05, 0.1) is 14.2 Å². The van der Waals surface area contributed by atoms with Crippen molar-refractivity contribution in [3.63, 3.8) is 0 Å². The lowest BCUT2D eigenvalue weighted by Crippen LogP contribution is -2.08. The van der Waals surface area contributed by atoms with E-state index in [1.165, 1.54) is 0 Å². The van der Waals surface area contributed by atoms with E-state index in [-0.39, 0.29) is 0 Å². The van der Waals surface area contributed by atoms with Gasteiger partial charge in [0.25, 0.3) is 0 Å². The number of nitrogens with one attached hydrogen (secondary N) is 3. The summed E-state index contributed by atoms with van der Waals surface area (Å²) in [5, 5.41) is 9.72. The highest BCUT2D eigenvalue weighted by Crippen LogP contribution is 2.25. The first kappa shape index (κ1) is 20.9. The van der Waals surface area contributed by atoms with Crippen molar-refractivity contribution in [2.24, 2.45) is 0 Å². The van der Waals surface area contributed by atoms with Gasteiger partial charge in [-0.15, -0.1) is 0 Å². The molecule has 0 atom stereocenters. The lowest BCUT2D eigenvalue weighted by molar-refractivity contribution is 0.415. The Bertz CT molecular complexity index is 1150. The predicted octanol–water partition coefficient (Wildman–Crippen LogP) is 5.43. The van der Waals surface area contributed by atoms with E-state index in [0.29, 0.717) is 17.8 Å². The largest absolute Gasteiger partial charge is 0.497 e. The van der Waals surface area contributed by atoms with Crippen LogP contribution >= 0.6 is 0 Å². The molecule has 32 heavy (non-hydrogen) atoms. The summed E-state index contributed by atoms with van der Waals surface area (Å²) in [6, 6.07) is 23.0. The zero-order chi connectivity index (χ0) is 22.3. The Morgan fingerprint density at radius 2 is 1.09 bits per heavy atom. The van der Waals surface area contributed by atoms with E-state index in [1.54, 1.807) is 14.2 Å². The minimum Gasteiger partial charge on any atom is -0.497 e. The third kappa shape index (κ3) is 5.23. The maximum Gasteiger partial charge on any atom is 0.233 e. The molecule has 0 fully saturated rings. The molecule has 0 aliphatic heterocycles. The van der Waals surface area contributed by atoms with Crippen LogP contribution in [-0.4, -0.2) is 29.2 Å². The van der Waals surface area contributed by atoms with Crippen LogP contribution in [0.25, 0.3) is 0 Å². The molecule has 0 spiro atoms. The van der Waals surface area contributed by atoms with Crippen molar-refractivity contribution in [2.45, 2.75) is 6.92 Å². The molecule has 0 saturated heterocycles. The Balaban J connectivity index is 1.67. The summed E-state index contributed by atoms with van der Waals surface area (Å²) in [7, 11) is 3.25. The van der Waals surface area contributed by atoms with Gasteiger partial charge in [-0.05, 0) is 42.8 Å². The SMILES string of the molecule is COc1cccc(Nc2nc(Nc3cccc(OC)c3)nc(Nc3ccccc3C)n2)c1. The quantitative estimate of drug-likeness (QED) is 0.342. The molecule has 1 heterocycles. The van der Waals surface area contributed by atoms with Gasteiger partial charge in [0.2, 0.25) is 17.8 Å². The molecule has 8 nitrogen and oxygen atoms in total. The normalized spacial score (nSPS) is 10.3. The molecule has 0 unspecified atom stereocenters. The number of nitrogens with zero attached hydrogens (tertiary/aromatic N) is 3. The first-order chi connectivity index (χ1) is 15.6. The van der Waals surface area contributed by atoms with Crippen molar-refractivity contribution in [3.8, 4) is 11.5 Å². The summed E-state index contributed by atoms with van der Waals surface area (Å²) in [6.45, 7) is 2.02. The molecular weight excluding hydrogens is 404 g/mol. The number of ether oxygens (including phenoxy) is 2. The Labute approximate surface area is 186 Å². The van der Waals surface area contributed by atoms with Gasteiger partial charge >= 0.3 is 0 Å². The first-order valence-corrected chi connectivity index (χ1v) is 10.0. The number of rotatable bonds is 8. The monoisotopic (exact) mass is 428 g/mol. The van der Waals surface area contributed by atoms with E-state index < -0.39 is 0 Å². The van der Waals surface area contributed by atoms with Crippen LogP contribution in [-0.2, 0) is 0 Å². The fraction of sp³-hybridized carbons (Fsp3) is 0.125. The highest BCUT2D eigenvalue weighted by Gasteiger charge is 2.10. The molecule has 0 amide bonds. The van der Waals surface area contributed by atoms with Crippen LogP contribution in [0.4, 0.5) is 34.9 Å². The second-order valence-electron chi connectivity index (χ2n) is 6.96. The molecule has 3 aromatic carbocycles. The predicted molar refractivity (Wildman–Crippen MR) is 127 cm³/mol. The highest BCUT2D eigenvalue weighted by atomic mass is 16.5. The van der Waals surface area contributed by atoms with Gasteiger partial charge in [0, 0.05) is 29.2 Å². The molecule has 4 aromatic rings. The molecule has 8 heteroatoms. The standard InChI is InChI=1S/C24H24N6O2/c1-16-8-4-5-13-21(16)27-24-29-22(25-17-9-6-11-19(14-17)31-2)28-23(30-24)26-18-10-7-12-20(15-18)32-3/h4-15H,1-3H3,(H3,25,26,27,28,29,30). The highest BCUT2D eigenvalue weighted by molar-refractivity contribution is 5.64. The number of para-hydroxylation sites is 1. The van der Waals surface area contributed by atoms with Gasteiger partial charge in [-0.1, -0.05) is 30.3 Å². The third-order valence-electron chi connectivity index (χ3n) is 4.68. The molecule has 0 aliphatic carbocycles. The van der Waals surface area contributed by atoms with Crippen molar-refractivity contribution in [1.29, 1.82) is 0 Å². The van der Waals surface area contributed by atoms with Crippen LogP contribution in [0.5, 0.6) is 11.5 Å². The number of anilines is 6. The fourth-order valence-corrected chi connectivity index (χ4v) is 3.04. The molecular formula is C24H24N6O2. The minimum absolute atomic E-state index is 0.384. The molecule has 0 aliphatic rings. The summed E-state index contributed by atoms with van der Waals surface area (Å²) in [5.74, 6) is 2.64. The number of hydrogen-bond donors (Lipinski definition) is 3. The van der Waals surface area contributed by atoms with E-state index in [0.717, 1.165) is 34.1 Å². The number of methoxy groups -OCH3 is 2. The van der Waals surface area contributed by atoms with Crippen molar-refractivity contribution >= 4 is 34.9 Å². The summed E-state index contributed by atoms with van der Waals surface area (Å²) in [5.41, 5.74) is 3.59. The molecule has 3 N–H and O–H groups in total. The second-order valence-corrected chi connectivity index (χ2v) is 6.96. The van der Waals surface area contributed by atoms with Gasteiger partial charge in [0.1, 0.15) is 11.5 Å². The number of benzene rings is 3. The van der Waals surface area contributed by atoms with Crippen LogP contribution in [0.3, 0.4) is 0 Å². The fourth-order valence-electron chi connectivity index (χ4n) is 3.04. The van der Waals surface area contributed by atoms with Gasteiger partial charge in [0.15, 0.2) is 0 Å². The summed E-state index contributed by atoms with van der Waals surface area (Å²) >= 11 is 0. The molecule has 162 valence electrons. The lowest BCUT2D eigenvalue weighted by Gasteiger charge is -2.13. The second kappa shape index (κ2) is 9.65. The van der Waals surface area contributed by atoms with Gasteiger partial charge < -0.3 is 25.4 Å². The summed E-state index contributed by atoms with van der Waals surface area (Å²) in [4.78, 5) is 13.6. The Morgan fingerprint density at radius 1 is 0.594 bits per heavy atom. The zero-order valence-corrected chi connectivity index (χ0v) is 18.1. The maximum absolute atomic E-state index is 5.30.